The third kappa shape index (κ3) is 5.27. The number of anilines is 1. The van der Waals surface area contributed by atoms with Crippen LogP contribution in [0, 0.1) is 12.7 Å². The molecule has 0 saturated heterocycles. The lowest BCUT2D eigenvalue weighted by Crippen LogP contribution is -2.24. The highest BCUT2D eigenvalue weighted by Gasteiger charge is 2.04. The van der Waals surface area contributed by atoms with Crippen LogP contribution in [0.15, 0.2) is 18.2 Å². The standard InChI is InChI=1S/C14H21FN2O/c1-10(2)16-8-4-5-14(18)17-12-6-7-13(15)11(3)9-12/h6-7,9-10,16H,4-5,8H2,1-3H3,(H,17,18). The molecule has 0 saturated carbocycles. The molecule has 18 heavy (non-hydrogen) atoms. The minimum atomic E-state index is -0.255. The van der Waals surface area contributed by atoms with E-state index in [0.29, 0.717) is 23.7 Å². The second kappa shape index (κ2) is 7.11. The topological polar surface area (TPSA) is 41.1 Å². The van der Waals surface area contributed by atoms with E-state index in [1.807, 2.05) is 0 Å². The Kier molecular flexibility index (Phi) is 5.78. The van der Waals surface area contributed by atoms with E-state index < -0.39 is 0 Å². The first-order valence-corrected chi connectivity index (χ1v) is 6.28. The molecule has 1 amide bonds. The number of nitrogens with one attached hydrogen (secondary N) is 2. The molecule has 0 fully saturated rings. The highest BCUT2D eigenvalue weighted by Crippen LogP contribution is 2.13. The number of carbonyl (C=O) groups is 1. The Morgan fingerprint density at radius 2 is 2.11 bits per heavy atom. The third-order valence-corrected chi connectivity index (χ3v) is 2.57. The Bertz CT molecular complexity index is 405. The Morgan fingerprint density at radius 3 is 2.72 bits per heavy atom. The summed E-state index contributed by atoms with van der Waals surface area (Å²) < 4.78 is 13.0. The van der Waals surface area contributed by atoms with Gasteiger partial charge in [-0.3, -0.25) is 4.79 Å². The van der Waals surface area contributed by atoms with Gasteiger partial charge in [0.2, 0.25) is 5.91 Å². The highest BCUT2D eigenvalue weighted by atomic mass is 19.1. The van der Waals surface area contributed by atoms with Crippen LogP contribution in [-0.2, 0) is 4.79 Å². The van der Waals surface area contributed by atoms with Gasteiger partial charge in [0, 0.05) is 18.2 Å². The van der Waals surface area contributed by atoms with Gasteiger partial charge in [0.05, 0.1) is 0 Å². The number of rotatable bonds is 6. The van der Waals surface area contributed by atoms with Gasteiger partial charge in [-0.1, -0.05) is 13.8 Å². The fourth-order valence-corrected chi connectivity index (χ4v) is 1.59. The van der Waals surface area contributed by atoms with E-state index in [1.54, 1.807) is 19.1 Å². The molecular weight excluding hydrogens is 231 g/mol. The number of benzene rings is 1. The molecule has 1 rings (SSSR count). The summed E-state index contributed by atoms with van der Waals surface area (Å²) in [7, 11) is 0. The molecule has 0 spiro atoms. The van der Waals surface area contributed by atoms with Gasteiger partial charge in [-0.15, -0.1) is 0 Å². The van der Waals surface area contributed by atoms with Crippen molar-refractivity contribution in [1.82, 2.24) is 5.32 Å². The maximum atomic E-state index is 13.0. The van der Waals surface area contributed by atoms with Crippen molar-refractivity contribution in [2.24, 2.45) is 0 Å². The number of aryl methyl sites for hydroxylation is 1. The molecule has 0 aliphatic carbocycles. The number of amides is 1. The highest BCUT2D eigenvalue weighted by molar-refractivity contribution is 5.90. The fourth-order valence-electron chi connectivity index (χ4n) is 1.59. The van der Waals surface area contributed by atoms with Crippen LogP contribution in [0.25, 0.3) is 0 Å². The van der Waals surface area contributed by atoms with Crippen LogP contribution in [0.3, 0.4) is 0 Å². The maximum absolute atomic E-state index is 13.0. The van der Waals surface area contributed by atoms with Gasteiger partial charge in [-0.05, 0) is 43.7 Å². The predicted molar refractivity (Wildman–Crippen MR) is 72.1 cm³/mol. The lowest BCUT2D eigenvalue weighted by Gasteiger charge is -2.08. The Hall–Kier alpha value is -1.42. The van der Waals surface area contributed by atoms with Crippen molar-refractivity contribution in [2.75, 3.05) is 11.9 Å². The molecule has 2 N–H and O–H groups in total. The van der Waals surface area contributed by atoms with Crippen molar-refractivity contribution in [3.05, 3.63) is 29.6 Å². The molecule has 0 atom stereocenters. The second-order valence-corrected chi connectivity index (χ2v) is 4.72. The van der Waals surface area contributed by atoms with Gasteiger partial charge in [-0.25, -0.2) is 4.39 Å². The van der Waals surface area contributed by atoms with Crippen LogP contribution in [-0.4, -0.2) is 18.5 Å². The number of hydrogen-bond donors (Lipinski definition) is 2. The van der Waals surface area contributed by atoms with Gasteiger partial charge in [-0.2, -0.15) is 0 Å². The monoisotopic (exact) mass is 252 g/mol. The lowest BCUT2D eigenvalue weighted by molar-refractivity contribution is -0.116. The van der Waals surface area contributed by atoms with E-state index in [0.717, 1.165) is 13.0 Å². The largest absolute Gasteiger partial charge is 0.326 e. The van der Waals surface area contributed by atoms with Crippen molar-refractivity contribution in [3.8, 4) is 0 Å². The summed E-state index contributed by atoms with van der Waals surface area (Å²) in [5, 5.41) is 6.02. The van der Waals surface area contributed by atoms with Crippen LogP contribution in [0.2, 0.25) is 0 Å². The van der Waals surface area contributed by atoms with Crippen LogP contribution in [0.4, 0.5) is 10.1 Å². The molecule has 4 heteroatoms. The fraction of sp³-hybridized carbons (Fsp3) is 0.500. The van der Waals surface area contributed by atoms with Crippen molar-refractivity contribution in [3.63, 3.8) is 0 Å². The minimum Gasteiger partial charge on any atom is -0.326 e. The zero-order valence-electron chi connectivity index (χ0n) is 11.2. The molecule has 0 aliphatic heterocycles. The summed E-state index contributed by atoms with van der Waals surface area (Å²) in [5.41, 5.74) is 1.19. The number of carbonyl (C=O) groups excluding carboxylic acids is 1. The molecule has 0 aromatic heterocycles. The minimum absolute atomic E-state index is 0.0356. The zero-order chi connectivity index (χ0) is 13.5. The van der Waals surface area contributed by atoms with E-state index in [-0.39, 0.29) is 11.7 Å². The van der Waals surface area contributed by atoms with E-state index in [9.17, 15) is 9.18 Å². The van der Waals surface area contributed by atoms with Crippen LogP contribution >= 0.6 is 0 Å². The summed E-state index contributed by atoms with van der Waals surface area (Å²) in [6, 6.07) is 5.02. The number of halogens is 1. The summed E-state index contributed by atoms with van der Waals surface area (Å²) >= 11 is 0. The van der Waals surface area contributed by atoms with Crippen molar-refractivity contribution >= 4 is 11.6 Å². The maximum Gasteiger partial charge on any atom is 0.224 e. The summed E-state index contributed by atoms with van der Waals surface area (Å²) in [6.07, 6.45) is 1.26. The first kappa shape index (κ1) is 14.6. The van der Waals surface area contributed by atoms with Gasteiger partial charge in [0.25, 0.3) is 0 Å². The van der Waals surface area contributed by atoms with Crippen molar-refractivity contribution in [1.29, 1.82) is 0 Å². The smallest absolute Gasteiger partial charge is 0.224 e. The van der Waals surface area contributed by atoms with Crippen molar-refractivity contribution < 1.29 is 9.18 Å². The molecule has 0 unspecified atom stereocenters. The summed E-state index contributed by atoms with van der Waals surface area (Å²) in [6.45, 7) is 6.65. The Morgan fingerprint density at radius 1 is 1.39 bits per heavy atom. The average Bonchev–Trinajstić information content (AvgIpc) is 2.29. The van der Waals surface area contributed by atoms with E-state index in [1.165, 1.54) is 6.07 Å². The molecule has 1 aromatic rings. The van der Waals surface area contributed by atoms with Crippen LogP contribution < -0.4 is 10.6 Å². The molecule has 0 heterocycles. The normalized spacial score (nSPS) is 10.7. The molecule has 1 aromatic carbocycles. The molecule has 0 aliphatic rings. The second-order valence-electron chi connectivity index (χ2n) is 4.72. The van der Waals surface area contributed by atoms with E-state index in [4.69, 9.17) is 0 Å². The van der Waals surface area contributed by atoms with Gasteiger partial charge in [0.1, 0.15) is 5.82 Å². The Labute approximate surface area is 108 Å². The summed E-state index contributed by atoms with van der Waals surface area (Å²) in [5.74, 6) is -0.291. The Balaban J connectivity index is 2.33. The van der Waals surface area contributed by atoms with Crippen molar-refractivity contribution in [2.45, 2.75) is 39.7 Å². The lowest BCUT2D eigenvalue weighted by atomic mass is 10.2. The molecule has 3 nitrogen and oxygen atoms in total. The SMILES string of the molecule is Cc1cc(NC(=O)CCCNC(C)C)ccc1F. The quantitative estimate of drug-likeness (QED) is 0.764. The molecule has 0 bridgehead atoms. The van der Waals surface area contributed by atoms with Gasteiger partial charge < -0.3 is 10.6 Å². The van der Waals surface area contributed by atoms with Crippen LogP contribution in [0.5, 0.6) is 0 Å². The summed E-state index contributed by atoms with van der Waals surface area (Å²) in [4.78, 5) is 11.6. The third-order valence-electron chi connectivity index (χ3n) is 2.57. The van der Waals surface area contributed by atoms with Gasteiger partial charge in [0.15, 0.2) is 0 Å². The molecule has 100 valence electrons. The zero-order valence-corrected chi connectivity index (χ0v) is 11.2. The van der Waals surface area contributed by atoms with Crippen LogP contribution in [0.1, 0.15) is 32.3 Å². The predicted octanol–water partition coefficient (Wildman–Crippen LogP) is 2.85. The first-order valence-electron chi connectivity index (χ1n) is 6.28. The number of hydrogen-bond acceptors (Lipinski definition) is 2. The first-order chi connectivity index (χ1) is 8.49. The molecule has 0 radical (unpaired) electrons. The molecular formula is C14H21FN2O. The average molecular weight is 252 g/mol. The van der Waals surface area contributed by atoms with E-state index >= 15 is 0 Å². The van der Waals surface area contributed by atoms with E-state index in [2.05, 4.69) is 24.5 Å². The van der Waals surface area contributed by atoms with Gasteiger partial charge >= 0.3 is 0 Å².